The van der Waals surface area contributed by atoms with Gasteiger partial charge in [0.25, 0.3) is 0 Å². The molecule has 0 aromatic heterocycles. The van der Waals surface area contributed by atoms with Gasteiger partial charge in [0.15, 0.2) is 0 Å². The van der Waals surface area contributed by atoms with Gasteiger partial charge >= 0.3 is 12.0 Å². The van der Waals surface area contributed by atoms with Crippen molar-refractivity contribution in [3.05, 3.63) is 28.2 Å². The maximum Gasteiger partial charge on any atom is 0.335 e. The van der Waals surface area contributed by atoms with Crippen LogP contribution in [0.25, 0.3) is 0 Å². The molecule has 1 heterocycles. The predicted molar refractivity (Wildman–Crippen MR) is 84.7 cm³/mol. The van der Waals surface area contributed by atoms with Crippen LogP contribution in [0.1, 0.15) is 36.5 Å². The molecule has 6 heteroatoms. The summed E-state index contributed by atoms with van der Waals surface area (Å²) in [6.07, 6.45) is 3.25. The van der Waals surface area contributed by atoms with Crippen LogP contribution in [0.2, 0.25) is 0 Å². The third-order valence-corrected chi connectivity index (χ3v) is 4.59. The molecule has 114 valence electrons. The second-order valence-corrected chi connectivity index (χ2v) is 6.12. The molecular weight excluding hydrogens is 336 g/mol. The smallest absolute Gasteiger partial charge is 0.335 e. The van der Waals surface area contributed by atoms with Crippen LogP contribution in [0.5, 0.6) is 0 Å². The first-order chi connectivity index (χ1) is 10.0. The number of carbonyl (C=O) groups is 2. The number of halogens is 1. The molecule has 0 unspecified atom stereocenters. The monoisotopic (exact) mass is 354 g/mol. The fourth-order valence-electron chi connectivity index (χ4n) is 2.49. The van der Waals surface area contributed by atoms with Crippen molar-refractivity contribution in [2.24, 2.45) is 5.92 Å². The van der Waals surface area contributed by atoms with Crippen LogP contribution in [-0.4, -0.2) is 35.1 Å². The van der Waals surface area contributed by atoms with Crippen molar-refractivity contribution in [1.82, 2.24) is 4.90 Å². The number of carbonyl (C=O) groups excluding carboxylic acids is 1. The van der Waals surface area contributed by atoms with Gasteiger partial charge in [-0.1, -0.05) is 13.3 Å². The number of anilines is 1. The summed E-state index contributed by atoms with van der Waals surface area (Å²) in [4.78, 5) is 24.9. The number of nitrogens with one attached hydrogen (secondary N) is 1. The largest absolute Gasteiger partial charge is 0.478 e. The Labute approximate surface area is 132 Å². The summed E-state index contributed by atoms with van der Waals surface area (Å²) in [5.74, 6) is -0.272. The van der Waals surface area contributed by atoms with Crippen molar-refractivity contribution >= 4 is 33.6 Å². The van der Waals surface area contributed by atoms with Crippen molar-refractivity contribution < 1.29 is 14.7 Å². The molecule has 0 spiro atoms. The van der Waals surface area contributed by atoms with Crippen LogP contribution >= 0.6 is 15.9 Å². The van der Waals surface area contributed by atoms with Gasteiger partial charge in [-0.25, -0.2) is 9.59 Å². The Morgan fingerprint density at radius 3 is 2.57 bits per heavy atom. The standard InChI is InChI=1S/C15H19BrN2O3/c1-2-10-5-7-18(8-6-10)15(21)17-13-4-3-11(14(19)20)9-12(13)16/h3-4,9-10H,2,5-8H2,1H3,(H,17,21)(H,19,20). The molecule has 1 aliphatic heterocycles. The van der Waals surface area contributed by atoms with Gasteiger partial charge in [0.1, 0.15) is 0 Å². The normalized spacial score (nSPS) is 15.8. The van der Waals surface area contributed by atoms with Gasteiger partial charge in [0.2, 0.25) is 0 Å². The van der Waals surface area contributed by atoms with Crippen molar-refractivity contribution in [1.29, 1.82) is 0 Å². The first kappa shape index (κ1) is 15.8. The summed E-state index contributed by atoms with van der Waals surface area (Å²) in [5.41, 5.74) is 0.770. The molecule has 0 saturated carbocycles. The lowest BCUT2D eigenvalue weighted by Crippen LogP contribution is -2.41. The van der Waals surface area contributed by atoms with Crippen LogP contribution in [0.4, 0.5) is 10.5 Å². The van der Waals surface area contributed by atoms with E-state index in [0.717, 1.165) is 38.3 Å². The van der Waals surface area contributed by atoms with Crippen molar-refractivity contribution in [3.8, 4) is 0 Å². The molecule has 1 saturated heterocycles. The van der Waals surface area contributed by atoms with Crippen LogP contribution in [0, 0.1) is 5.92 Å². The van der Waals surface area contributed by atoms with Gasteiger partial charge in [-0.15, -0.1) is 0 Å². The number of aromatic carboxylic acids is 1. The summed E-state index contributed by atoms with van der Waals surface area (Å²) in [6.45, 7) is 3.73. The Hall–Kier alpha value is -1.56. The number of carboxylic acid groups (broad SMARTS) is 1. The lowest BCUT2D eigenvalue weighted by molar-refractivity contribution is 0.0697. The molecule has 2 N–H and O–H groups in total. The van der Waals surface area contributed by atoms with E-state index in [1.165, 1.54) is 12.1 Å². The highest BCUT2D eigenvalue weighted by atomic mass is 79.9. The molecule has 1 aromatic carbocycles. The maximum atomic E-state index is 12.2. The molecule has 0 atom stereocenters. The fraction of sp³-hybridized carbons (Fsp3) is 0.467. The average molecular weight is 355 g/mol. The molecule has 2 amide bonds. The number of hydrogen-bond acceptors (Lipinski definition) is 2. The van der Waals surface area contributed by atoms with E-state index in [-0.39, 0.29) is 11.6 Å². The van der Waals surface area contributed by atoms with Crippen LogP contribution < -0.4 is 5.32 Å². The number of likely N-dealkylation sites (tertiary alicyclic amines) is 1. The highest BCUT2D eigenvalue weighted by Crippen LogP contribution is 2.25. The summed E-state index contributed by atoms with van der Waals surface area (Å²) in [7, 11) is 0. The van der Waals surface area contributed by atoms with Gasteiger partial charge in [-0.2, -0.15) is 0 Å². The van der Waals surface area contributed by atoms with E-state index in [9.17, 15) is 9.59 Å². The summed E-state index contributed by atoms with van der Waals surface area (Å²) < 4.78 is 0.569. The average Bonchev–Trinajstić information content (AvgIpc) is 2.49. The predicted octanol–water partition coefficient (Wildman–Crippen LogP) is 3.80. The number of nitrogens with zero attached hydrogens (tertiary/aromatic N) is 1. The molecule has 0 radical (unpaired) electrons. The highest BCUT2D eigenvalue weighted by molar-refractivity contribution is 9.10. The summed E-state index contributed by atoms with van der Waals surface area (Å²) >= 11 is 3.29. The number of hydrogen-bond donors (Lipinski definition) is 2. The van der Waals surface area contributed by atoms with Crippen molar-refractivity contribution in [2.45, 2.75) is 26.2 Å². The summed E-state index contributed by atoms with van der Waals surface area (Å²) in [6, 6.07) is 4.44. The Morgan fingerprint density at radius 1 is 1.38 bits per heavy atom. The zero-order chi connectivity index (χ0) is 15.4. The lowest BCUT2D eigenvalue weighted by Gasteiger charge is -2.31. The van der Waals surface area contributed by atoms with E-state index < -0.39 is 5.97 Å². The number of amides is 2. The van der Waals surface area contributed by atoms with Crippen molar-refractivity contribution in [3.63, 3.8) is 0 Å². The SMILES string of the molecule is CCC1CCN(C(=O)Nc2ccc(C(=O)O)cc2Br)CC1. The van der Waals surface area contributed by atoms with Gasteiger partial charge in [0, 0.05) is 17.6 Å². The van der Waals surface area contributed by atoms with E-state index >= 15 is 0 Å². The van der Waals surface area contributed by atoms with Crippen molar-refractivity contribution in [2.75, 3.05) is 18.4 Å². The van der Waals surface area contributed by atoms with E-state index in [1.807, 2.05) is 4.90 Å². The minimum atomic E-state index is -0.991. The van der Waals surface area contributed by atoms with Crippen LogP contribution in [0.3, 0.4) is 0 Å². The molecule has 1 fully saturated rings. The van der Waals surface area contributed by atoms with E-state index in [2.05, 4.69) is 28.2 Å². The van der Waals surface area contributed by atoms with Crippen LogP contribution in [0.15, 0.2) is 22.7 Å². The Bertz CT molecular complexity index is 540. The topological polar surface area (TPSA) is 69.6 Å². The molecular formula is C15H19BrN2O3. The molecule has 0 bridgehead atoms. The number of carboxylic acids is 1. The zero-order valence-corrected chi connectivity index (χ0v) is 13.5. The van der Waals surface area contributed by atoms with Gasteiger partial charge < -0.3 is 15.3 Å². The first-order valence-electron chi connectivity index (χ1n) is 7.10. The van der Waals surface area contributed by atoms with E-state index in [0.29, 0.717) is 10.2 Å². The second-order valence-electron chi connectivity index (χ2n) is 5.27. The molecule has 1 aromatic rings. The maximum absolute atomic E-state index is 12.2. The molecule has 21 heavy (non-hydrogen) atoms. The molecule has 2 rings (SSSR count). The number of rotatable bonds is 3. The first-order valence-corrected chi connectivity index (χ1v) is 7.89. The third-order valence-electron chi connectivity index (χ3n) is 3.94. The van der Waals surface area contributed by atoms with E-state index in [4.69, 9.17) is 5.11 Å². The third kappa shape index (κ3) is 3.97. The lowest BCUT2D eigenvalue weighted by atomic mass is 9.95. The Morgan fingerprint density at radius 2 is 2.05 bits per heavy atom. The molecule has 1 aliphatic rings. The summed E-state index contributed by atoms with van der Waals surface area (Å²) in [5, 5.41) is 11.7. The number of urea groups is 1. The Kier molecular flexibility index (Phi) is 5.22. The quantitative estimate of drug-likeness (QED) is 0.867. The van der Waals surface area contributed by atoms with Crippen LogP contribution in [-0.2, 0) is 0 Å². The minimum Gasteiger partial charge on any atom is -0.478 e. The number of piperidine rings is 1. The zero-order valence-electron chi connectivity index (χ0n) is 11.9. The highest BCUT2D eigenvalue weighted by Gasteiger charge is 2.22. The molecule has 0 aliphatic carbocycles. The second kappa shape index (κ2) is 6.93. The fourth-order valence-corrected chi connectivity index (χ4v) is 2.97. The molecule has 5 nitrogen and oxygen atoms in total. The van der Waals surface area contributed by atoms with Gasteiger partial charge in [-0.05, 0) is 52.9 Å². The van der Waals surface area contributed by atoms with E-state index in [1.54, 1.807) is 6.07 Å². The van der Waals surface area contributed by atoms with Gasteiger partial charge in [0.05, 0.1) is 11.3 Å². The van der Waals surface area contributed by atoms with Gasteiger partial charge in [-0.3, -0.25) is 0 Å². The number of benzene rings is 1. The minimum absolute atomic E-state index is 0.131. The Balaban J connectivity index is 1.98.